The fourth-order valence-electron chi connectivity index (χ4n) is 10.6. The zero-order valence-corrected chi connectivity index (χ0v) is 48.4. The quantitative estimate of drug-likeness (QED) is 0.0215. The first-order valence-corrected chi connectivity index (χ1v) is 32.1. The molecular weight excluding hydrogens is 931 g/mol. The molecule has 9 unspecified atom stereocenters. The SMILES string of the molecule is CCCCCCCCCCCCCCCCCCCCCCCCC/C=C/CCCC(O)C(O)C(COC1OC(CO)C(O)C(O)C1O)NC(=O)C(O)CCCCCCCCCCCCCCCCCCCCC. The minimum Gasteiger partial charge on any atom is -0.394 e. The molecule has 8 N–H and O–H groups in total. The molecule has 1 fully saturated rings. The number of unbranched alkanes of at least 4 members (excludes halogenated alkanes) is 42. The Hall–Kier alpha value is -1.15. The molecule has 0 aromatic heterocycles. The highest BCUT2D eigenvalue weighted by Gasteiger charge is 2.44. The van der Waals surface area contributed by atoms with Gasteiger partial charge in [-0.3, -0.25) is 4.79 Å². The maximum absolute atomic E-state index is 13.2. The van der Waals surface area contributed by atoms with Crippen LogP contribution in [0, 0.1) is 0 Å². The Morgan fingerprint density at radius 1 is 0.459 bits per heavy atom. The molecule has 1 aliphatic heterocycles. The van der Waals surface area contributed by atoms with E-state index in [1.54, 1.807) is 0 Å². The van der Waals surface area contributed by atoms with Crippen molar-refractivity contribution in [3.8, 4) is 0 Å². The molecule has 11 heteroatoms. The molecule has 440 valence electrons. The van der Waals surface area contributed by atoms with Crippen LogP contribution in [0.4, 0.5) is 0 Å². The predicted molar refractivity (Wildman–Crippen MR) is 307 cm³/mol. The van der Waals surface area contributed by atoms with Crippen LogP contribution in [0.5, 0.6) is 0 Å². The van der Waals surface area contributed by atoms with Crippen LogP contribution in [0.3, 0.4) is 0 Å². The fourth-order valence-corrected chi connectivity index (χ4v) is 10.6. The van der Waals surface area contributed by atoms with Gasteiger partial charge in [0.1, 0.15) is 36.6 Å². The number of rotatable bonds is 56. The van der Waals surface area contributed by atoms with Crippen molar-refractivity contribution in [1.29, 1.82) is 0 Å². The van der Waals surface area contributed by atoms with Crippen molar-refractivity contribution in [3.63, 3.8) is 0 Å². The Bertz CT molecular complexity index is 1210. The van der Waals surface area contributed by atoms with E-state index in [-0.39, 0.29) is 12.8 Å². The molecule has 0 aromatic rings. The normalized spacial score (nSPS) is 19.8. The average molecular weight is 1050 g/mol. The third-order valence-electron chi connectivity index (χ3n) is 15.8. The predicted octanol–water partition coefficient (Wildman–Crippen LogP) is 14.3. The second-order valence-electron chi connectivity index (χ2n) is 22.8. The number of hydrogen-bond acceptors (Lipinski definition) is 10. The summed E-state index contributed by atoms with van der Waals surface area (Å²) in [7, 11) is 0. The first kappa shape index (κ1) is 70.9. The van der Waals surface area contributed by atoms with Crippen LogP contribution in [0.2, 0.25) is 0 Å². The summed E-state index contributed by atoms with van der Waals surface area (Å²) in [6.45, 7) is 3.49. The highest BCUT2D eigenvalue weighted by Crippen LogP contribution is 2.24. The van der Waals surface area contributed by atoms with E-state index in [1.165, 1.54) is 238 Å². The number of allylic oxidation sites excluding steroid dienone is 2. The van der Waals surface area contributed by atoms with E-state index in [0.717, 1.165) is 38.5 Å². The van der Waals surface area contributed by atoms with Crippen molar-refractivity contribution < 1.29 is 50.0 Å². The van der Waals surface area contributed by atoms with E-state index < -0.39 is 74.2 Å². The van der Waals surface area contributed by atoms with E-state index in [4.69, 9.17) is 9.47 Å². The van der Waals surface area contributed by atoms with Crippen molar-refractivity contribution in [1.82, 2.24) is 5.32 Å². The molecular formula is C63H123NO10. The molecule has 74 heavy (non-hydrogen) atoms. The van der Waals surface area contributed by atoms with E-state index in [2.05, 4.69) is 31.3 Å². The first-order valence-electron chi connectivity index (χ1n) is 32.1. The first-order chi connectivity index (χ1) is 36.2. The van der Waals surface area contributed by atoms with Gasteiger partial charge in [0.15, 0.2) is 6.29 Å². The minimum atomic E-state index is -1.67. The lowest BCUT2D eigenvalue weighted by Gasteiger charge is -2.40. The molecule has 1 saturated heterocycles. The van der Waals surface area contributed by atoms with E-state index in [1.807, 2.05) is 0 Å². The molecule has 1 heterocycles. The van der Waals surface area contributed by atoms with Gasteiger partial charge in [-0.1, -0.05) is 289 Å². The lowest BCUT2D eigenvalue weighted by atomic mass is 9.98. The van der Waals surface area contributed by atoms with Gasteiger partial charge in [-0.25, -0.2) is 0 Å². The minimum absolute atomic E-state index is 0.260. The topological polar surface area (TPSA) is 189 Å². The molecule has 0 spiro atoms. The molecule has 1 aliphatic rings. The average Bonchev–Trinajstić information content (AvgIpc) is 3.40. The van der Waals surface area contributed by atoms with Crippen molar-refractivity contribution in [2.24, 2.45) is 0 Å². The van der Waals surface area contributed by atoms with E-state index in [0.29, 0.717) is 12.8 Å². The molecule has 0 aromatic carbocycles. The van der Waals surface area contributed by atoms with Gasteiger partial charge < -0.3 is 50.5 Å². The standard InChI is InChI=1S/C63H123NO10/c1-3-5-7-9-11-13-15-17-19-21-23-24-25-26-27-28-29-30-31-33-34-36-38-40-42-44-46-48-50-55(66)58(68)54(53-73-63-61(71)60(70)59(69)57(52-65)74-63)64-62(72)56(67)51-49-47-45-43-41-39-37-35-32-22-20-18-16-14-12-10-8-6-4-2/h42,44,54-61,63,65-71H,3-41,43,45-53H2,1-2H3,(H,64,72)/b44-42+. The summed E-state index contributed by atoms with van der Waals surface area (Å²) in [4.78, 5) is 13.2. The van der Waals surface area contributed by atoms with Gasteiger partial charge in [-0.15, -0.1) is 0 Å². The Balaban J connectivity index is 2.25. The Morgan fingerprint density at radius 2 is 0.797 bits per heavy atom. The second kappa shape index (κ2) is 52.5. The number of aliphatic hydroxyl groups is 7. The summed E-state index contributed by atoms with van der Waals surface area (Å²) in [6, 6.07) is -1.18. The number of aliphatic hydroxyl groups excluding tert-OH is 7. The largest absolute Gasteiger partial charge is 0.394 e. The lowest BCUT2D eigenvalue weighted by Crippen LogP contribution is -2.60. The third-order valence-corrected chi connectivity index (χ3v) is 15.8. The Kier molecular flexibility index (Phi) is 50.3. The van der Waals surface area contributed by atoms with Crippen LogP contribution < -0.4 is 5.32 Å². The van der Waals surface area contributed by atoms with Crippen LogP contribution in [0.1, 0.15) is 316 Å². The fraction of sp³-hybridized carbons (Fsp3) is 0.952. The molecule has 0 radical (unpaired) electrons. The zero-order valence-electron chi connectivity index (χ0n) is 48.4. The van der Waals surface area contributed by atoms with Gasteiger partial charge in [0, 0.05) is 0 Å². The van der Waals surface area contributed by atoms with Gasteiger partial charge in [-0.05, 0) is 38.5 Å². The smallest absolute Gasteiger partial charge is 0.249 e. The summed E-state index contributed by atoms with van der Waals surface area (Å²) in [5.41, 5.74) is 0. The number of hydrogen-bond donors (Lipinski definition) is 8. The Labute approximate surface area is 455 Å². The number of carbonyl (C=O) groups is 1. The molecule has 11 nitrogen and oxygen atoms in total. The van der Waals surface area contributed by atoms with Crippen LogP contribution in [0.15, 0.2) is 12.2 Å². The van der Waals surface area contributed by atoms with Gasteiger partial charge in [0.2, 0.25) is 5.91 Å². The molecule has 0 bridgehead atoms. The van der Waals surface area contributed by atoms with Crippen molar-refractivity contribution in [2.75, 3.05) is 13.2 Å². The molecule has 1 amide bonds. The summed E-state index contributed by atoms with van der Waals surface area (Å²) in [6.07, 6.45) is 51.4. The maximum atomic E-state index is 13.2. The summed E-state index contributed by atoms with van der Waals surface area (Å²) >= 11 is 0. The van der Waals surface area contributed by atoms with Gasteiger partial charge in [0.05, 0.1) is 25.4 Å². The van der Waals surface area contributed by atoms with Crippen LogP contribution >= 0.6 is 0 Å². The van der Waals surface area contributed by atoms with E-state index in [9.17, 15) is 40.5 Å². The van der Waals surface area contributed by atoms with Gasteiger partial charge >= 0.3 is 0 Å². The number of nitrogens with one attached hydrogen (secondary N) is 1. The maximum Gasteiger partial charge on any atom is 0.249 e. The highest BCUT2D eigenvalue weighted by atomic mass is 16.7. The van der Waals surface area contributed by atoms with Gasteiger partial charge in [0.25, 0.3) is 0 Å². The van der Waals surface area contributed by atoms with Crippen molar-refractivity contribution in [3.05, 3.63) is 12.2 Å². The summed E-state index contributed by atoms with van der Waals surface area (Å²) in [5.74, 6) is -0.699. The van der Waals surface area contributed by atoms with Crippen LogP contribution in [-0.2, 0) is 14.3 Å². The van der Waals surface area contributed by atoms with Crippen molar-refractivity contribution in [2.45, 2.75) is 371 Å². The van der Waals surface area contributed by atoms with Crippen molar-refractivity contribution >= 4 is 5.91 Å². The summed E-state index contributed by atoms with van der Waals surface area (Å²) in [5, 5.41) is 76.3. The highest BCUT2D eigenvalue weighted by molar-refractivity contribution is 5.80. The molecule has 9 atom stereocenters. The summed E-state index contributed by atoms with van der Waals surface area (Å²) < 4.78 is 11.2. The monoisotopic (exact) mass is 1050 g/mol. The molecule has 0 saturated carbocycles. The molecule has 1 rings (SSSR count). The van der Waals surface area contributed by atoms with Crippen LogP contribution in [-0.4, -0.2) is 110 Å². The Morgan fingerprint density at radius 3 is 1.16 bits per heavy atom. The second-order valence-corrected chi connectivity index (χ2v) is 22.8. The van der Waals surface area contributed by atoms with E-state index >= 15 is 0 Å². The van der Waals surface area contributed by atoms with Crippen LogP contribution in [0.25, 0.3) is 0 Å². The number of carbonyl (C=O) groups excluding carboxylic acids is 1. The number of ether oxygens (including phenoxy) is 2. The third kappa shape index (κ3) is 40.1. The lowest BCUT2D eigenvalue weighted by molar-refractivity contribution is -0.303. The number of amides is 1. The van der Waals surface area contributed by atoms with Gasteiger partial charge in [-0.2, -0.15) is 0 Å². The molecule has 0 aliphatic carbocycles. The zero-order chi connectivity index (χ0) is 54.0.